The SMILES string of the molecule is COC(=O)Cc1c(Br)ccc(C#N)c1[N+](=O)[O-]. The molecule has 0 radical (unpaired) electrons. The molecule has 0 aromatic heterocycles. The summed E-state index contributed by atoms with van der Waals surface area (Å²) in [4.78, 5) is 21.4. The van der Waals surface area contributed by atoms with Crippen molar-refractivity contribution < 1.29 is 14.5 Å². The van der Waals surface area contributed by atoms with E-state index in [1.54, 1.807) is 6.07 Å². The molecule has 17 heavy (non-hydrogen) atoms. The third-order valence-corrected chi connectivity index (χ3v) is 2.82. The molecule has 0 aliphatic rings. The lowest BCUT2D eigenvalue weighted by Crippen LogP contribution is -2.08. The molecule has 1 rings (SSSR count). The lowest BCUT2D eigenvalue weighted by Gasteiger charge is -2.05. The van der Waals surface area contributed by atoms with E-state index >= 15 is 0 Å². The number of rotatable bonds is 3. The van der Waals surface area contributed by atoms with E-state index in [1.165, 1.54) is 19.2 Å². The summed E-state index contributed by atoms with van der Waals surface area (Å²) >= 11 is 3.11. The third kappa shape index (κ3) is 2.79. The Bertz CT molecular complexity index is 522. The number of nitrogens with zero attached hydrogens (tertiary/aromatic N) is 2. The molecule has 0 amide bonds. The number of methoxy groups -OCH3 is 1. The van der Waals surface area contributed by atoms with E-state index in [1.807, 2.05) is 0 Å². The van der Waals surface area contributed by atoms with Gasteiger partial charge in [0.2, 0.25) is 0 Å². The molecule has 7 heteroatoms. The number of carbonyl (C=O) groups excluding carboxylic acids is 1. The van der Waals surface area contributed by atoms with Crippen LogP contribution in [0.25, 0.3) is 0 Å². The lowest BCUT2D eigenvalue weighted by atomic mass is 10.1. The van der Waals surface area contributed by atoms with Crippen LogP contribution < -0.4 is 0 Å². The van der Waals surface area contributed by atoms with Gasteiger partial charge in [-0.25, -0.2) is 0 Å². The Hall–Kier alpha value is -1.94. The summed E-state index contributed by atoms with van der Waals surface area (Å²) in [7, 11) is 1.19. The van der Waals surface area contributed by atoms with Crippen molar-refractivity contribution in [2.45, 2.75) is 6.42 Å². The summed E-state index contributed by atoms with van der Waals surface area (Å²) in [5.41, 5.74) is -0.315. The summed E-state index contributed by atoms with van der Waals surface area (Å²) in [6, 6.07) is 4.53. The molecule has 0 atom stereocenters. The monoisotopic (exact) mass is 298 g/mol. The maximum absolute atomic E-state index is 11.2. The fourth-order valence-corrected chi connectivity index (χ4v) is 1.76. The zero-order chi connectivity index (χ0) is 13.0. The first-order valence-electron chi connectivity index (χ1n) is 4.44. The Kier molecular flexibility index (Phi) is 4.17. The standard InChI is InChI=1S/C10H7BrN2O4/c1-17-9(14)4-7-8(11)3-2-6(5-12)10(7)13(15)16/h2-3H,4H2,1H3. The fourth-order valence-electron chi connectivity index (χ4n) is 1.30. The van der Waals surface area contributed by atoms with Gasteiger partial charge in [0.1, 0.15) is 11.6 Å². The molecule has 0 aliphatic heterocycles. The van der Waals surface area contributed by atoms with Crippen LogP contribution in [0.3, 0.4) is 0 Å². The van der Waals surface area contributed by atoms with Crippen molar-refractivity contribution >= 4 is 27.6 Å². The quantitative estimate of drug-likeness (QED) is 0.483. The number of halogens is 1. The van der Waals surface area contributed by atoms with Crippen LogP contribution in [0.15, 0.2) is 16.6 Å². The van der Waals surface area contributed by atoms with Crippen LogP contribution in [0.4, 0.5) is 5.69 Å². The maximum Gasteiger partial charge on any atom is 0.310 e. The fraction of sp³-hybridized carbons (Fsp3) is 0.200. The highest BCUT2D eigenvalue weighted by atomic mass is 79.9. The molecular formula is C10H7BrN2O4. The molecule has 88 valence electrons. The summed E-state index contributed by atoms with van der Waals surface area (Å²) in [6.45, 7) is 0. The van der Waals surface area contributed by atoms with Gasteiger partial charge in [-0.1, -0.05) is 15.9 Å². The van der Waals surface area contributed by atoms with E-state index in [-0.39, 0.29) is 23.2 Å². The van der Waals surface area contributed by atoms with Crippen molar-refractivity contribution in [3.05, 3.63) is 37.8 Å². The lowest BCUT2D eigenvalue weighted by molar-refractivity contribution is -0.385. The number of nitro benzene ring substituents is 1. The Labute approximate surface area is 105 Å². The number of hydrogen-bond acceptors (Lipinski definition) is 5. The molecule has 0 unspecified atom stereocenters. The molecule has 0 spiro atoms. The van der Waals surface area contributed by atoms with Crippen molar-refractivity contribution in [3.63, 3.8) is 0 Å². The third-order valence-electron chi connectivity index (χ3n) is 2.08. The summed E-state index contributed by atoms with van der Waals surface area (Å²) in [5.74, 6) is -0.608. The van der Waals surface area contributed by atoms with Gasteiger partial charge in [-0.15, -0.1) is 0 Å². The molecule has 1 aromatic carbocycles. The number of nitriles is 1. The second-order valence-corrected chi connectivity index (χ2v) is 3.90. The minimum atomic E-state index is -0.679. The number of hydrogen-bond donors (Lipinski definition) is 0. The van der Waals surface area contributed by atoms with Crippen LogP contribution in [0, 0.1) is 21.4 Å². The highest BCUT2D eigenvalue weighted by Gasteiger charge is 2.24. The smallest absolute Gasteiger partial charge is 0.310 e. The van der Waals surface area contributed by atoms with Crippen LogP contribution in [0.2, 0.25) is 0 Å². The minimum Gasteiger partial charge on any atom is -0.469 e. The van der Waals surface area contributed by atoms with Crippen molar-refractivity contribution in [3.8, 4) is 6.07 Å². The number of carbonyl (C=O) groups is 1. The summed E-state index contributed by atoms with van der Waals surface area (Å²) < 4.78 is 4.85. The molecule has 0 heterocycles. The maximum atomic E-state index is 11.2. The highest BCUT2D eigenvalue weighted by molar-refractivity contribution is 9.10. The van der Waals surface area contributed by atoms with Crippen LogP contribution >= 0.6 is 15.9 Å². The van der Waals surface area contributed by atoms with Gasteiger partial charge >= 0.3 is 5.97 Å². The van der Waals surface area contributed by atoms with Gasteiger partial charge < -0.3 is 4.74 Å². The first-order valence-corrected chi connectivity index (χ1v) is 5.23. The predicted molar refractivity (Wildman–Crippen MR) is 61.2 cm³/mol. The zero-order valence-corrected chi connectivity index (χ0v) is 10.4. The van der Waals surface area contributed by atoms with E-state index in [0.717, 1.165) is 0 Å². The average Bonchev–Trinajstić information content (AvgIpc) is 2.30. The second kappa shape index (κ2) is 5.41. The first kappa shape index (κ1) is 13.1. The largest absolute Gasteiger partial charge is 0.469 e. The molecular weight excluding hydrogens is 292 g/mol. The van der Waals surface area contributed by atoms with E-state index in [0.29, 0.717) is 4.47 Å². The van der Waals surface area contributed by atoms with Gasteiger partial charge in [-0.2, -0.15) is 5.26 Å². The predicted octanol–water partition coefficient (Wildman–Crippen LogP) is 1.94. The molecule has 0 fully saturated rings. The van der Waals surface area contributed by atoms with Crippen LogP contribution in [0.1, 0.15) is 11.1 Å². The van der Waals surface area contributed by atoms with Crippen LogP contribution in [-0.2, 0) is 16.0 Å². The molecule has 0 aliphatic carbocycles. The Morgan fingerprint density at radius 2 is 2.29 bits per heavy atom. The van der Waals surface area contributed by atoms with Gasteiger partial charge in [-0.3, -0.25) is 14.9 Å². The van der Waals surface area contributed by atoms with Gasteiger partial charge in [0.15, 0.2) is 0 Å². The van der Waals surface area contributed by atoms with Crippen LogP contribution in [-0.4, -0.2) is 18.0 Å². The van der Waals surface area contributed by atoms with Crippen molar-refractivity contribution in [2.24, 2.45) is 0 Å². The average molecular weight is 299 g/mol. The molecule has 1 aromatic rings. The number of esters is 1. The van der Waals surface area contributed by atoms with Crippen molar-refractivity contribution in [1.29, 1.82) is 5.26 Å². The number of ether oxygens (including phenoxy) is 1. The Balaban J connectivity index is 3.40. The number of nitro groups is 1. The Morgan fingerprint density at radius 1 is 1.65 bits per heavy atom. The van der Waals surface area contributed by atoms with Gasteiger partial charge in [0, 0.05) is 4.47 Å². The second-order valence-electron chi connectivity index (χ2n) is 3.04. The zero-order valence-electron chi connectivity index (χ0n) is 8.77. The van der Waals surface area contributed by atoms with Gasteiger partial charge in [-0.05, 0) is 12.1 Å². The van der Waals surface area contributed by atoms with E-state index in [4.69, 9.17) is 5.26 Å². The summed E-state index contributed by atoms with van der Waals surface area (Å²) in [5, 5.41) is 19.7. The van der Waals surface area contributed by atoms with E-state index < -0.39 is 10.9 Å². The molecule has 6 nitrogen and oxygen atoms in total. The molecule has 0 saturated heterocycles. The minimum absolute atomic E-state index is 0.0860. The van der Waals surface area contributed by atoms with Gasteiger partial charge in [0.05, 0.1) is 24.0 Å². The van der Waals surface area contributed by atoms with E-state index in [9.17, 15) is 14.9 Å². The highest BCUT2D eigenvalue weighted by Crippen LogP contribution is 2.30. The van der Waals surface area contributed by atoms with Gasteiger partial charge in [0.25, 0.3) is 5.69 Å². The normalized spacial score (nSPS) is 9.47. The molecule has 0 saturated carbocycles. The molecule has 0 bridgehead atoms. The van der Waals surface area contributed by atoms with Crippen molar-refractivity contribution in [1.82, 2.24) is 0 Å². The first-order chi connectivity index (χ1) is 8.01. The van der Waals surface area contributed by atoms with Crippen LogP contribution in [0.5, 0.6) is 0 Å². The molecule has 0 N–H and O–H groups in total. The summed E-state index contributed by atoms with van der Waals surface area (Å²) in [6.07, 6.45) is -0.261. The topological polar surface area (TPSA) is 93.2 Å². The van der Waals surface area contributed by atoms with Crippen molar-refractivity contribution in [2.75, 3.05) is 7.11 Å². The Morgan fingerprint density at radius 3 is 2.76 bits per heavy atom. The van der Waals surface area contributed by atoms with E-state index in [2.05, 4.69) is 20.7 Å². The number of benzene rings is 1.